The summed E-state index contributed by atoms with van der Waals surface area (Å²) in [5, 5.41) is 28.6. The SMILES string of the molecule is COc1cccc(C(C)NC(=O)c2ccnc(C(=O)NC(C)c3cccc(OC)c3)c2)c1.O=C(NCc1cccc(OC(F)(F)F)c1)c1ccnc(C(=O)NCc2cccc(OC(F)(F)F)c2)c1.[NH-]CCc1ccc(O)cc1.[NH-]CCc1ccc(O)cc1. The number of aromatic hydroxyl groups is 2. The summed E-state index contributed by atoms with van der Waals surface area (Å²) in [6, 6.07) is 44.1. The first-order valence-corrected chi connectivity index (χ1v) is 26.9. The van der Waals surface area contributed by atoms with Gasteiger partial charge in [0.05, 0.1) is 26.3 Å². The van der Waals surface area contributed by atoms with E-state index in [-0.39, 0.29) is 65.4 Å². The van der Waals surface area contributed by atoms with Crippen molar-refractivity contribution in [3.05, 3.63) is 250 Å². The molecule has 464 valence electrons. The molecule has 4 amide bonds. The number of methoxy groups -OCH3 is 2. The minimum absolute atomic E-state index is 0.0541. The van der Waals surface area contributed by atoms with Gasteiger partial charge in [-0.2, -0.15) is 0 Å². The summed E-state index contributed by atoms with van der Waals surface area (Å²) in [5.74, 6) is -0.846. The zero-order valence-corrected chi connectivity index (χ0v) is 48.0. The number of rotatable bonds is 20. The molecule has 2 heterocycles. The summed E-state index contributed by atoms with van der Waals surface area (Å²) in [4.78, 5) is 58.3. The van der Waals surface area contributed by atoms with Crippen LogP contribution in [-0.4, -0.2) is 83.8 Å². The standard InChI is InChI=1S/C25H27N3O4.C23H17F6N3O4.2C8H10NO/c1-16(18-7-5-9-21(13-18)31-3)27-24(29)20-11-12-26-23(15-20)25(30)28-17(2)19-8-6-10-22(14-19)32-4;24-22(25,26)35-17-5-1-3-14(9-17)12-31-20(33)16-7-8-30-19(11-16)21(34)32-13-15-4-2-6-18(10-15)36-23(27,28)29;2*9-6-5-7-1-3-8(10)4-2-7/h5-17H,1-4H3,(H,27,29)(H,28,30);1-11H,12-13H2,(H,31,33)(H,32,34);2*1-4,9-10H,5-6H2/q;;2*-1. The highest BCUT2D eigenvalue weighted by molar-refractivity contribution is 5.99. The van der Waals surface area contributed by atoms with Gasteiger partial charge in [-0.05, 0) is 157 Å². The van der Waals surface area contributed by atoms with Crippen LogP contribution < -0.4 is 40.2 Å². The van der Waals surface area contributed by atoms with Crippen LogP contribution in [-0.2, 0) is 25.9 Å². The van der Waals surface area contributed by atoms with E-state index in [2.05, 4.69) is 40.7 Å². The lowest BCUT2D eigenvalue weighted by atomic mass is 10.1. The van der Waals surface area contributed by atoms with E-state index in [1.165, 1.54) is 54.9 Å². The zero-order chi connectivity index (χ0) is 64.2. The Morgan fingerprint density at radius 2 is 0.841 bits per heavy atom. The lowest BCUT2D eigenvalue weighted by Gasteiger charge is -2.16. The number of benzene rings is 6. The van der Waals surface area contributed by atoms with Gasteiger partial charge >= 0.3 is 12.7 Å². The molecule has 0 saturated heterocycles. The van der Waals surface area contributed by atoms with Crippen LogP contribution in [0.4, 0.5) is 26.3 Å². The molecule has 8 aromatic rings. The van der Waals surface area contributed by atoms with E-state index >= 15 is 0 Å². The van der Waals surface area contributed by atoms with Gasteiger partial charge in [-0.15, -0.1) is 39.4 Å². The molecule has 6 aromatic carbocycles. The molecule has 0 radical (unpaired) electrons. The van der Waals surface area contributed by atoms with E-state index in [0.29, 0.717) is 35.5 Å². The van der Waals surface area contributed by atoms with Crippen LogP contribution in [0.25, 0.3) is 11.5 Å². The average molecular weight is 1220 g/mol. The minimum atomic E-state index is -4.85. The van der Waals surface area contributed by atoms with Crippen molar-refractivity contribution in [3.8, 4) is 34.5 Å². The van der Waals surface area contributed by atoms with Crippen LogP contribution >= 0.6 is 0 Å². The smallest absolute Gasteiger partial charge is 0.573 e. The molecule has 8 rings (SSSR count). The van der Waals surface area contributed by atoms with Gasteiger partial charge in [0.1, 0.15) is 45.9 Å². The first-order valence-electron chi connectivity index (χ1n) is 26.9. The summed E-state index contributed by atoms with van der Waals surface area (Å²) in [6.45, 7) is 4.32. The number of hydrogen-bond acceptors (Lipinski definition) is 12. The Morgan fingerprint density at radius 1 is 0.466 bits per heavy atom. The van der Waals surface area contributed by atoms with Gasteiger partial charge in [-0.25, -0.2) is 0 Å². The molecule has 2 aromatic heterocycles. The Morgan fingerprint density at radius 3 is 1.25 bits per heavy atom. The second kappa shape index (κ2) is 34.1. The number of nitrogens with one attached hydrogen (secondary N) is 6. The number of halogens is 6. The molecular weight excluding hydrogens is 1150 g/mol. The molecule has 0 aliphatic rings. The van der Waals surface area contributed by atoms with Crippen molar-refractivity contribution in [3.63, 3.8) is 0 Å². The molecule has 0 aliphatic heterocycles. The van der Waals surface area contributed by atoms with Crippen LogP contribution in [0.5, 0.6) is 34.5 Å². The third kappa shape index (κ3) is 24.4. The van der Waals surface area contributed by atoms with Crippen molar-refractivity contribution < 1.29 is 74.7 Å². The molecule has 2 atom stereocenters. The number of amides is 4. The lowest BCUT2D eigenvalue weighted by Crippen LogP contribution is -2.29. The summed E-state index contributed by atoms with van der Waals surface area (Å²) in [7, 11) is 3.19. The van der Waals surface area contributed by atoms with Crippen molar-refractivity contribution >= 4 is 23.6 Å². The maximum atomic E-state index is 12.8. The van der Waals surface area contributed by atoms with Crippen molar-refractivity contribution in [1.29, 1.82) is 0 Å². The number of phenolic OH excluding ortho intramolecular Hbond substituents is 2. The second-order valence-electron chi connectivity index (χ2n) is 18.9. The lowest BCUT2D eigenvalue weighted by molar-refractivity contribution is -0.275. The molecule has 0 bridgehead atoms. The number of phenols is 2. The van der Waals surface area contributed by atoms with Crippen LogP contribution in [0.1, 0.15) is 101 Å². The van der Waals surface area contributed by atoms with Crippen molar-refractivity contribution in [2.75, 3.05) is 27.3 Å². The van der Waals surface area contributed by atoms with Gasteiger partial charge in [0.25, 0.3) is 23.6 Å². The number of nitrogens with zero attached hydrogens (tertiary/aromatic N) is 2. The number of ether oxygens (including phenoxy) is 4. The largest absolute Gasteiger partial charge is 0.677 e. The highest BCUT2D eigenvalue weighted by Gasteiger charge is 2.32. The number of alkyl halides is 6. The Labute approximate surface area is 503 Å². The average Bonchev–Trinajstić information content (AvgIpc) is 2.82. The number of carbonyl (C=O) groups excluding carboxylic acids is 4. The van der Waals surface area contributed by atoms with Gasteiger partial charge in [-0.3, -0.25) is 29.1 Å². The van der Waals surface area contributed by atoms with Crippen LogP contribution in [0.15, 0.2) is 182 Å². The Kier molecular flexibility index (Phi) is 26.6. The predicted octanol–water partition coefficient (Wildman–Crippen LogP) is 12.8. The molecular formula is C64H64F6N8O10-2. The van der Waals surface area contributed by atoms with Gasteiger partial charge in [0.2, 0.25) is 0 Å². The molecule has 8 N–H and O–H groups in total. The van der Waals surface area contributed by atoms with Crippen LogP contribution in [0.2, 0.25) is 0 Å². The third-order valence-electron chi connectivity index (χ3n) is 12.3. The fourth-order valence-electron chi connectivity index (χ4n) is 7.81. The van der Waals surface area contributed by atoms with E-state index in [1.807, 2.05) is 86.6 Å². The maximum Gasteiger partial charge on any atom is 0.573 e. The van der Waals surface area contributed by atoms with Gasteiger partial charge < -0.3 is 61.9 Å². The summed E-state index contributed by atoms with van der Waals surface area (Å²) in [6.07, 6.45) is -5.52. The topological polar surface area (TPSA) is 267 Å². The molecule has 0 spiro atoms. The van der Waals surface area contributed by atoms with E-state index in [0.717, 1.165) is 65.1 Å². The summed E-state index contributed by atoms with van der Waals surface area (Å²) >= 11 is 0. The van der Waals surface area contributed by atoms with Crippen LogP contribution in [0.3, 0.4) is 0 Å². The molecule has 18 nitrogen and oxygen atoms in total. The number of aromatic nitrogens is 2. The highest BCUT2D eigenvalue weighted by atomic mass is 19.4. The first-order chi connectivity index (χ1) is 41.9. The fourth-order valence-corrected chi connectivity index (χ4v) is 7.81. The highest BCUT2D eigenvalue weighted by Crippen LogP contribution is 2.26. The molecule has 0 aliphatic carbocycles. The van der Waals surface area contributed by atoms with E-state index < -0.39 is 36.0 Å². The number of carbonyl (C=O) groups is 4. The summed E-state index contributed by atoms with van der Waals surface area (Å²) < 4.78 is 92.3. The van der Waals surface area contributed by atoms with Crippen molar-refractivity contribution in [2.24, 2.45) is 0 Å². The zero-order valence-electron chi connectivity index (χ0n) is 48.0. The van der Waals surface area contributed by atoms with E-state index in [1.54, 1.807) is 44.6 Å². The monoisotopic (exact) mass is 1220 g/mol. The van der Waals surface area contributed by atoms with Crippen LogP contribution in [0, 0.1) is 0 Å². The fraction of sp³-hybridized carbons (Fsp3) is 0.219. The Hall–Kier alpha value is -10.2. The first kappa shape index (κ1) is 68.6. The minimum Gasteiger partial charge on any atom is -0.677 e. The maximum absolute atomic E-state index is 12.8. The van der Waals surface area contributed by atoms with E-state index in [9.17, 15) is 45.5 Å². The number of hydrogen-bond donors (Lipinski definition) is 6. The molecule has 2 unspecified atom stereocenters. The molecule has 24 heteroatoms. The van der Waals surface area contributed by atoms with Gasteiger partial charge in [-0.1, -0.05) is 72.8 Å². The quantitative estimate of drug-likeness (QED) is 0.0389. The summed E-state index contributed by atoms with van der Waals surface area (Å²) in [5.41, 5.74) is 19.0. The van der Waals surface area contributed by atoms with Crippen molar-refractivity contribution in [1.82, 2.24) is 31.2 Å². The van der Waals surface area contributed by atoms with Gasteiger partial charge in [0, 0.05) is 36.6 Å². The Bertz CT molecular complexity index is 3300. The molecule has 0 fully saturated rings. The second-order valence-corrected chi connectivity index (χ2v) is 18.9. The Balaban J connectivity index is 0.000000244. The third-order valence-corrected chi connectivity index (χ3v) is 12.3. The molecule has 0 saturated carbocycles. The van der Waals surface area contributed by atoms with Crippen molar-refractivity contribution in [2.45, 2.75) is 64.6 Å². The van der Waals surface area contributed by atoms with Gasteiger partial charge in [0.15, 0.2) is 0 Å². The van der Waals surface area contributed by atoms with E-state index in [4.69, 9.17) is 31.2 Å². The molecule has 88 heavy (non-hydrogen) atoms. The number of pyridine rings is 2. The normalized spacial score (nSPS) is 11.4. The predicted molar refractivity (Wildman–Crippen MR) is 317 cm³/mol.